The number of sulfonamides is 1. The lowest BCUT2D eigenvalue weighted by molar-refractivity contribution is -0.119. The Bertz CT molecular complexity index is 1480. The summed E-state index contributed by atoms with van der Waals surface area (Å²) >= 11 is 3.26. The maximum absolute atomic E-state index is 12.6. The van der Waals surface area contributed by atoms with E-state index in [4.69, 9.17) is 4.74 Å². The van der Waals surface area contributed by atoms with Crippen LogP contribution in [0.3, 0.4) is 0 Å². The minimum atomic E-state index is -3.99. The molecule has 0 atom stereocenters. The Morgan fingerprint density at radius 1 is 1.00 bits per heavy atom. The minimum Gasteiger partial charge on any atom is -0.452 e. The molecule has 2 N–H and O–H groups in total. The fourth-order valence-electron chi connectivity index (χ4n) is 2.77. The van der Waals surface area contributed by atoms with Gasteiger partial charge < -0.3 is 10.1 Å². The van der Waals surface area contributed by atoms with Crippen LogP contribution in [-0.4, -0.2) is 36.0 Å². The quantitative estimate of drug-likeness (QED) is 0.423. The third kappa shape index (κ3) is 5.80. The molecule has 0 aliphatic carbocycles. The van der Waals surface area contributed by atoms with Gasteiger partial charge in [0.05, 0.1) is 10.5 Å². The highest BCUT2D eigenvalue weighted by atomic mass is 79.9. The van der Waals surface area contributed by atoms with Crippen LogP contribution in [0, 0.1) is 0 Å². The van der Waals surface area contributed by atoms with Gasteiger partial charge in [-0.25, -0.2) is 18.0 Å². The molecule has 1 amide bonds. The number of carbonyl (C=O) groups excluding carboxylic acids is 2. The number of benzene rings is 2. The highest BCUT2D eigenvalue weighted by Crippen LogP contribution is 2.19. The summed E-state index contributed by atoms with van der Waals surface area (Å²) in [6, 6.07) is 12.6. The molecule has 0 aliphatic heterocycles. The van der Waals surface area contributed by atoms with E-state index in [2.05, 4.69) is 26.0 Å². The first-order valence-electron chi connectivity index (χ1n) is 9.60. The molecular weight excluding hydrogens is 532 g/mol. The summed E-state index contributed by atoms with van der Waals surface area (Å²) < 4.78 is 35.3. The topological polar surface area (TPSA) is 146 Å². The van der Waals surface area contributed by atoms with Gasteiger partial charge in [-0.2, -0.15) is 0 Å². The van der Waals surface area contributed by atoms with Crippen molar-refractivity contribution in [3.8, 4) is 0 Å². The highest BCUT2D eigenvalue weighted by Gasteiger charge is 2.18. The van der Waals surface area contributed by atoms with Gasteiger partial charge in [-0.05, 0) is 42.5 Å². The molecule has 0 aliphatic rings. The third-order valence-electron chi connectivity index (χ3n) is 4.60. The molecule has 34 heavy (non-hydrogen) atoms. The lowest BCUT2D eigenvalue weighted by Crippen LogP contribution is -2.38. The SMILES string of the molecule is Cn1c(NC(=O)COC(=O)c2cccc(S(=O)(=O)Nc3ccc(Br)cc3)c2)cc(=O)n(C)c1=O. The lowest BCUT2D eigenvalue weighted by atomic mass is 10.2. The van der Waals surface area contributed by atoms with Crippen LogP contribution in [0.1, 0.15) is 10.4 Å². The van der Waals surface area contributed by atoms with Gasteiger partial charge in [-0.3, -0.25) is 23.4 Å². The highest BCUT2D eigenvalue weighted by molar-refractivity contribution is 9.10. The van der Waals surface area contributed by atoms with Gasteiger partial charge >= 0.3 is 11.7 Å². The molecule has 0 unspecified atom stereocenters. The predicted molar refractivity (Wildman–Crippen MR) is 127 cm³/mol. The Balaban J connectivity index is 1.67. The number of anilines is 2. The lowest BCUT2D eigenvalue weighted by Gasteiger charge is -2.11. The van der Waals surface area contributed by atoms with Crippen LogP contribution in [0.15, 0.2) is 73.6 Å². The fourth-order valence-corrected chi connectivity index (χ4v) is 4.14. The summed E-state index contributed by atoms with van der Waals surface area (Å²) in [7, 11) is -1.34. The summed E-state index contributed by atoms with van der Waals surface area (Å²) in [6.07, 6.45) is 0. The van der Waals surface area contributed by atoms with Crippen molar-refractivity contribution in [3.63, 3.8) is 0 Å². The van der Waals surface area contributed by atoms with Crippen LogP contribution < -0.4 is 21.3 Å². The Morgan fingerprint density at radius 3 is 2.35 bits per heavy atom. The molecule has 0 saturated heterocycles. The van der Waals surface area contributed by atoms with Crippen LogP contribution in [0.5, 0.6) is 0 Å². The zero-order chi connectivity index (χ0) is 25.0. The number of aromatic nitrogens is 2. The number of ether oxygens (including phenoxy) is 1. The molecule has 1 heterocycles. The van der Waals surface area contributed by atoms with Crippen molar-refractivity contribution >= 4 is 49.3 Å². The van der Waals surface area contributed by atoms with Crippen molar-refractivity contribution in [3.05, 3.63) is 85.5 Å². The maximum Gasteiger partial charge on any atom is 0.338 e. The van der Waals surface area contributed by atoms with Crippen molar-refractivity contribution in [2.75, 3.05) is 16.6 Å². The van der Waals surface area contributed by atoms with Gasteiger partial charge in [0.25, 0.3) is 21.5 Å². The first kappa shape index (κ1) is 24.9. The molecule has 0 fully saturated rings. The molecule has 0 radical (unpaired) electrons. The molecule has 0 spiro atoms. The Morgan fingerprint density at radius 2 is 1.68 bits per heavy atom. The van der Waals surface area contributed by atoms with Crippen LogP contribution >= 0.6 is 15.9 Å². The largest absolute Gasteiger partial charge is 0.452 e. The number of amides is 1. The normalized spacial score (nSPS) is 11.0. The number of hydrogen-bond acceptors (Lipinski definition) is 7. The molecule has 0 bridgehead atoms. The number of nitrogens with one attached hydrogen (secondary N) is 2. The van der Waals surface area contributed by atoms with Gasteiger partial charge in [-0.1, -0.05) is 22.0 Å². The van der Waals surface area contributed by atoms with E-state index >= 15 is 0 Å². The zero-order valence-corrected chi connectivity index (χ0v) is 20.3. The van der Waals surface area contributed by atoms with Gasteiger partial charge in [0.2, 0.25) is 0 Å². The fraction of sp³-hybridized carbons (Fsp3) is 0.143. The summed E-state index contributed by atoms with van der Waals surface area (Å²) in [5, 5.41) is 2.32. The van der Waals surface area contributed by atoms with Crippen molar-refractivity contribution in [1.29, 1.82) is 0 Å². The van der Waals surface area contributed by atoms with Crippen LogP contribution in [0.2, 0.25) is 0 Å². The van der Waals surface area contributed by atoms with Crippen molar-refractivity contribution in [2.24, 2.45) is 14.1 Å². The summed E-state index contributed by atoms with van der Waals surface area (Å²) in [4.78, 5) is 48.0. The first-order valence-corrected chi connectivity index (χ1v) is 11.9. The van der Waals surface area contributed by atoms with Crippen LogP contribution in [0.25, 0.3) is 0 Å². The smallest absolute Gasteiger partial charge is 0.338 e. The summed E-state index contributed by atoms with van der Waals surface area (Å²) in [5.74, 6) is -1.80. The van der Waals surface area contributed by atoms with E-state index < -0.39 is 39.8 Å². The van der Waals surface area contributed by atoms with Crippen molar-refractivity contribution < 1.29 is 22.7 Å². The number of nitrogens with zero attached hydrogens (tertiary/aromatic N) is 2. The first-order chi connectivity index (χ1) is 16.0. The predicted octanol–water partition coefficient (Wildman–Crippen LogP) is 1.44. The molecule has 11 nitrogen and oxygen atoms in total. The van der Waals surface area contributed by atoms with E-state index in [1.165, 1.54) is 32.3 Å². The number of carbonyl (C=O) groups is 2. The Hall–Kier alpha value is -3.71. The van der Waals surface area contributed by atoms with E-state index in [1.807, 2.05) is 0 Å². The monoisotopic (exact) mass is 550 g/mol. The third-order valence-corrected chi connectivity index (χ3v) is 6.51. The van der Waals surface area contributed by atoms with Gasteiger partial charge in [-0.15, -0.1) is 0 Å². The number of rotatable bonds is 7. The second-order valence-corrected chi connectivity index (χ2v) is 9.63. The summed E-state index contributed by atoms with van der Waals surface area (Å²) in [5.41, 5.74) is -1.02. The molecular formula is C21H19BrN4O7S. The molecule has 1 aromatic heterocycles. The van der Waals surface area contributed by atoms with E-state index in [0.29, 0.717) is 5.69 Å². The van der Waals surface area contributed by atoms with Crippen molar-refractivity contribution in [2.45, 2.75) is 4.90 Å². The minimum absolute atomic E-state index is 0.0683. The van der Waals surface area contributed by atoms with Gasteiger partial charge in [0.15, 0.2) is 6.61 Å². The molecule has 3 rings (SSSR count). The molecule has 3 aromatic rings. The molecule has 0 saturated carbocycles. The van der Waals surface area contributed by atoms with Gasteiger partial charge in [0, 0.05) is 30.3 Å². The van der Waals surface area contributed by atoms with Gasteiger partial charge in [0.1, 0.15) is 5.82 Å². The number of halogens is 1. The number of esters is 1. The maximum atomic E-state index is 12.6. The van der Waals surface area contributed by atoms with Crippen molar-refractivity contribution in [1.82, 2.24) is 9.13 Å². The molecule has 2 aromatic carbocycles. The summed E-state index contributed by atoms with van der Waals surface area (Å²) in [6.45, 7) is -0.726. The van der Waals surface area contributed by atoms with E-state index in [-0.39, 0.29) is 16.3 Å². The second-order valence-electron chi connectivity index (χ2n) is 7.03. The zero-order valence-electron chi connectivity index (χ0n) is 17.9. The standard InChI is InChI=1S/C21H19BrN4O7S/c1-25-17(11-19(28)26(2)21(25)30)23-18(27)12-33-20(29)13-4-3-5-16(10-13)34(31,32)24-15-8-6-14(22)7-9-15/h3-11,24H,12H2,1-2H3,(H,23,27). The Labute approximate surface area is 202 Å². The van der Waals surface area contributed by atoms with Crippen LogP contribution in [-0.2, 0) is 33.7 Å². The van der Waals surface area contributed by atoms with E-state index in [9.17, 15) is 27.6 Å². The second kappa shape index (κ2) is 10.1. The average molecular weight is 551 g/mol. The molecule has 178 valence electrons. The average Bonchev–Trinajstić information content (AvgIpc) is 2.81. The van der Waals surface area contributed by atoms with E-state index in [0.717, 1.165) is 25.7 Å². The Kier molecular flexibility index (Phi) is 7.37. The molecule has 13 heteroatoms. The van der Waals surface area contributed by atoms with E-state index in [1.54, 1.807) is 24.3 Å². The number of hydrogen-bond donors (Lipinski definition) is 2. The van der Waals surface area contributed by atoms with Crippen LogP contribution in [0.4, 0.5) is 11.5 Å².